The number of carbonyl (C=O) groups is 1. The first-order valence-electron chi connectivity index (χ1n) is 6.47. The van der Waals surface area contributed by atoms with Gasteiger partial charge in [0.25, 0.3) is 5.91 Å². The second kappa shape index (κ2) is 4.70. The minimum absolute atomic E-state index is 0.161. The molecule has 3 heterocycles. The lowest BCUT2D eigenvalue weighted by Crippen LogP contribution is -2.43. The molecule has 0 aromatic carbocycles. The molecule has 2 aliphatic rings. The normalized spacial score (nSPS) is 27.3. The van der Waals surface area contributed by atoms with Gasteiger partial charge in [-0.1, -0.05) is 0 Å². The van der Waals surface area contributed by atoms with Gasteiger partial charge in [0, 0.05) is 30.8 Å². The summed E-state index contributed by atoms with van der Waals surface area (Å²) >= 11 is 3.42. The Morgan fingerprint density at radius 2 is 2.22 bits per heavy atom. The fourth-order valence-corrected chi connectivity index (χ4v) is 3.64. The molecule has 1 N–H and O–H groups in total. The van der Waals surface area contributed by atoms with Gasteiger partial charge in [-0.2, -0.15) is 0 Å². The summed E-state index contributed by atoms with van der Waals surface area (Å²) in [7, 11) is 1.92. The number of aryl methyl sites for hydroxylation is 1. The van der Waals surface area contributed by atoms with Crippen LogP contribution in [0.2, 0.25) is 0 Å². The highest BCUT2D eigenvalue weighted by Gasteiger charge is 2.35. The van der Waals surface area contributed by atoms with Crippen LogP contribution in [0.15, 0.2) is 16.7 Å². The minimum atomic E-state index is 0.161. The van der Waals surface area contributed by atoms with Gasteiger partial charge in [-0.15, -0.1) is 0 Å². The van der Waals surface area contributed by atoms with E-state index in [2.05, 4.69) is 21.2 Å². The molecular formula is C13H18BrN3O. The van der Waals surface area contributed by atoms with Crippen molar-refractivity contribution in [2.75, 3.05) is 26.2 Å². The predicted molar refractivity (Wildman–Crippen MR) is 73.5 cm³/mol. The van der Waals surface area contributed by atoms with Crippen LogP contribution in [0.3, 0.4) is 0 Å². The largest absolute Gasteiger partial charge is 0.345 e. The third-order valence-electron chi connectivity index (χ3n) is 4.18. The number of halogens is 1. The van der Waals surface area contributed by atoms with Crippen molar-refractivity contribution in [3.63, 3.8) is 0 Å². The standard InChI is InChI=1S/C13H18BrN3O/c1-16-8-11(14)4-12(16)13(18)17-3-2-9-5-15-6-10(9)7-17/h4,8-10,15H,2-3,5-7H2,1H3. The summed E-state index contributed by atoms with van der Waals surface area (Å²) in [5.41, 5.74) is 0.770. The Balaban J connectivity index is 1.75. The molecule has 0 bridgehead atoms. The van der Waals surface area contributed by atoms with Gasteiger partial charge < -0.3 is 14.8 Å². The SMILES string of the molecule is Cn1cc(Br)cc1C(=O)N1CCC2CNCC2C1. The monoisotopic (exact) mass is 311 g/mol. The molecule has 2 aliphatic heterocycles. The van der Waals surface area contributed by atoms with Gasteiger partial charge in [-0.25, -0.2) is 0 Å². The topological polar surface area (TPSA) is 37.3 Å². The van der Waals surface area contributed by atoms with Crippen LogP contribution in [0.1, 0.15) is 16.9 Å². The molecule has 1 aromatic rings. The number of hydrogen-bond donors (Lipinski definition) is 1. The number of nitrogens with one attached hydrogen (secondary N) is 1. The molecule has 0 radical (unpaired) electrons. The maximum Gasteiger partial charge on any atom is 0.270 e. The molecule has 2 saturated heterocycles. The molecule has 0 saturated carbocycles. The highest BCUT2D eigenvalue weighted by Crippen LogP contribution is 2.27. The van der Waals surface area contributed by atoms with Gasteiger partial charge in [0.1, 0.15) is 5.69 Å². The van der Waals surface area contributed by atoms with Crippen LogP contribution in [0.5, 0.6) is 0 Å². The van der Waals surface area contributed by atoms with E-state index >= 15 is 0 Å². The first kappa shape index (κ1) is 12.2. The van der Waals surface area contributed by atoms with Crippen molar-refractivity contribution in [2.45, 2.75) is 6.42 Å². The first-order chi connectivity index (χ1) is 8.65. The third kappa shape index (κ3) is 2.10. The molecule has 1 aromatic heterocycles. The number of aromatic nitrogens is 1. The van der Waals surface area contributed by atoms with Crippen molar-refractivity contribution < 1.29 is 4.79 Å². The van der Waals surface area contributed by atoms with Crippen molar-refractivity contribution in [3.05, 3.63) is 22.4 Å². The number of likely N-dealkylation sites (tertiary alicyclic amines) is 1. The van der Waals surface area contributed by atoms with E-state index in [1.165, 1.54) is 0 Å². The Morgan fingerprint density at radius 1 is 1.44 bits per heavy atom. The first-order valence-corrected chi connectivity index (χ1v) is 7.26. The molecule has 0 aliphatic carbocycles. The van der Waals surface area contributed by atoms with Crippen LogP contribution in [0, 0.1) is 11.8 Å². The fraction of sp³-hybridized carbons (Fsp3) is 0.615. The second-order valence-corrected chi connectivity index (χ2v) is 6.29. The summed E-state index contributed by atoms with van der Waals surface area (Å²) in [6.07, 6.45) is 3.06. The van der Waals surface area contributed by atoms with Crippen molar-refractivity contribution in [2.24, 2.45) is 18.9 Å². The third-order valence-corrected chi connectivity index (χ3v) is 4.62. The maximum absolute atomic E-state index is 12.5. The molecule has 2 unspecified atom stereocenters. The van der Waals surface area contributed by atoms with Crippen LogP contribution in [-0.2, 0) is 7.05 Å². The predicted octanol–water partition coefficient (Wildman–Crippen LogP) is 1.47. The summed E-state index contributed by atoms with van der Waals surface area (Å²) in [5.74, 6) is 1.58. The quantitative estimate of drug-likeness (QED) is 0.853. The Bertz CT molecular complexity index is 471. The molecule has 1 amide bonds. The minimum Gasteiger partial charge on any atom is -0.345 e. The molecule has 18 heavy (non-hydrogen) atoms. The number of rotatable bonds is 1. The van der Waals surface area contributed by atoms with E-state index in [-0.39, 0.29) is 5.91 Å². The maximum atomic E-state index is 12.5. The molecule has 5 heteroatoms. The van der Waals surface area contributed by atoms with Gasteiger partial charge in [0.15, 0.2) is 0 Å². The summed E-state index contributed by atoms with van der Waals surface area (Å²) in [4.78, 5) is 14.5. The molecule has 3 rings (SSSR count). The average molecular weight is 312 g/mol. The van der Waals surface area contributed by atoms with E-state index in [9.17, 15) is 4.79 Å². The summed E-state index contributed by atoms with van der Waals surface area (Å²) < 4.78 is 2.86. The number of hydrogen-bond acceptors (Lipinski definition) is 2. The van der Waals surface area contributed by atoms with Crippen molar-refractivity contribution in [3.8, 4) is 0 Å². The smallest absolute Gasteiger partial charge is 0.270 e. The van der Waals surface area contributed by atoms with E-state index < -0.39 is 0 Å². The van der Waals surface area contributed by atoms with Crippen LogP contribution < -0.4 is 5.32 Å². The van der Waals surface area contributed by atoms with Crippen molar-refractivity contribution in [1.29, 1.82) is 0 Å². The highest BCUT2D eigenvalue weighted by atomic mass is 79.9. The van der Waals surface area contributed by atoms with Gasteiger partial charge in [0.2, 0.25) is 0 Å². The highest BCUT2D eigenvalue weighted by molar-refractivity contribution is 9.10. The summed E-state index contributed by atoms with van der Waals surface area (Å²) in [6.45, 7) is 3.98. The number of piperidine rings is 1. The number of carbonyl (C=O) groups excluding carboxylic acids is 1. The van der Waals surface area contributed by atoms with Crippen LogP contribution >= 0.6 is 15.9 Å². The summed E-state index contributed by atoms with van der Waals surface area (Å²) in [6, 6.07) is 1.90. The van der Waals surface area contributed by atoms with Gasteiger partial charge >= 0.3 is 0 Å². The Hall–Kier alpha value is -0.810. The zero-order valence-electron chi connectivity index (χ0n) is 10.5. The molecule has 98 valence electrons. The molecule has 0 spiro atoms. The van der Waals surface area contributed by atoms with E-state index in [1.807, 2.05) is 28.8 Å². The summed E-state index contributed by atoms with van der Waals surface area (Å²) in [5, 5.41) is 3.43. The average Bonchev–Trinajstić information content (AvgIpc) is 2.93. The zero-order valence-corrected chi connectivity index (χ0v) is 12.1. The van der Waals surface area contributed by atoms with Gasteiger partial charge in [-0.3, -0.25) is 4.79 Å². The van der Waals surface area contributed by atoms with Crippen LogP contribution in [0.25, 0.3) is 0 Å². The lowest BCUT2D eigenvalue weighted by molar-refractivity contribution is 0.0633. The number of nitrogens with zero attached hydrogens (tertiary/aromatic N) is 2. The Labute approximate surface area is 115 Å². The Kier molecular flexibility index (Phi) is 3.20. The molecule has 2 fully saturated rings. The van der Waals surface area contributed by atoms with Gasteiger partial charge in [0.05, 0.1) is 0 Å². The molecular weight excluding hydrogens is 294 g/mol. The van der Waals surface area contributed by atoms with Crippen molar-refractivity contribution in [1.82, 2.24) is 14.8 Å². The van der Waals surface area contributed by atoms with Crippen LogP contribution in [0.4, 0.5) is 0 Å². The van der Waals surface area contributed by atoms with Crippen LogP contribution in [-0.4, -0.2) is 41.6 Å². The number of amides is 1. The zero-order chi connectivity index (χ0) is 12.7. The molecule has 4 nitrogen and oxygen atoms in total. The van der Waals surface area contributed by atoms with E-state index in [0.717, 1.165) is 48.7 Å². The van der Waals surface area contributed by atoms with E-state index in [0.29, 0.717) is 5.92 Å². The Morgan fingerprint density at radius 3 is 2.94 bits per heavy atom. The van der Waals surface area contributed by atoms with Crippen molar-refractivity contribution >= 4 is 21.8 Å². The molecule has 2 atom stereocenters. The van der Waals surface area contributed by atoms with Gasteiger partial charge in [-0.05, 0) is 53.3 Å². The lowest BCUT2D eigenvalue weighted by Gasteiger charge is -2.34. The second-order valence-electron chi connectivity index (χ2n) is 5.37. The fourth-order valence-electron chi connectivity index (χ4n) is 3.12. The number of fused-ring (bicyclic) bond motifs is 1. The van der Waals surface area contributed by atoms with E-state index in [4.69, 9.17) is 0 Å². The lowest BCUT2D eigenvalue weighted by atomic mass is 9.88. The van der Waals surface area contributed by atoms with E-state index in [1.54, 1.807) is 0 Å².